The first kappa shape index (κ1) is 15.2. The molecule has 0 atom stereocenters. The number of piperidine rings is 1. The van der Waals surface area contributed by atoms with Gasteiger partial charge in [-0.15, -0.1) is 0 Å². The Hall–Kier alpha value is -2.18. The van der Waals surface area contributed by atoms with E-state index in [4.69, 9.17) is 0 Å². The molecule has 1 aromatic carbocycles. The summed E-state index contributed by atoms with van der Waals surface area (Å²) in [6, 6.07) is 2.92. The first-order chi connectivity index (χ1) is 10.0. The second-order valence-corrected chi connectivity index (χ2v) is 4.83. The number of amides is 2. The lowest BCUT2D eigenvalue weighted by Gasteiger charge is -2.31. The van der Waals surface area contributed by atoms with Gasteiger partial charge < -0.3 is 15.0 Å². The summed E-state index contributed by atoms with van der Waals surface area (Å²) in [5.41, 5.74) is 0.0734. The van der Waals surface area contributed by atoms with Crippen molar-refractivity contribution in [1.82, 2.24) is 10.2 Å². The fourth-order valence-corrected chi connectivity index (χ4v) is 2.24. The number of rotatable bonds is 2. The number of ether oxygens (including phenoxy) is 1. The van der Waals surface area contributed by atoms with Crippen LogP contribution >= 0.6 is 0 Å². The number of nitrogens with one attached hydrogen (secondary N) is 1. The standard InChI is InChI=1S/C14H16F2N2O3/c1-21-14(20)18-6-4-10(5-7-18)17-13(19)9-2-3-11(15)12(16)8-9/h2-3,8,10H,4-7H2,1H3,(H,17,19). The molecule has 0 saturated carbocycles. The van der Waals surface area contributed by atoms with Gasteiger partial charge in [-0.05, 0) is 31.0 Å². The van der Waals surface area contributed by atoms with Gasteiger partial charge in [-0.25, -0.2) is 13.6 Å². The van der Waals surface area contributed by atoms with Crippen LogP contribution in [0.15, 0.2) is 18.2 Å². The Morgan fingerprint density at radius 1 is 1.24 bits per heavy atom. The van der Waals surface area contributed by atoms with Crippen LogP contribution in [-0.4, -0.2) is 43.1 Å². The van der Waals surface area contributed by atoms with Crippen LogP contribution in [-0.2, 0) is 4.74 Å². The van der Waals surface area contributed by atoms with Crippen molar-refractivity contribution in [3.8, 4) is 0 Å². The summed E-state index contributed by atoms with van der Waals surface area (Å²) in [7, 11) is 1.32. The molecule has 1 heterocycles. The molecule has 0 spiro atoms. The first-order valence-electron chi connectivity index (χ1n) is 6.60. The van der Waals surface area contributed by atoms with Crippen molar-refractivity contribution in [2.75, 3.05) is 20.2 Å². The number of benzene rings is 1. The molecule has 7 heteroatoms. The number of methoxy groups -OCH3 is 1. The van der Waals surface area contributed by atoms with Crippen molar-refractivity contribution < 1.29 is 23.1 Å². The minimum Gasteiger partial charge on any atom is -0.453 e. The van der Waals surface area contributed by atoms with Crippen molar-refractivity contribution in [1.29, 1.82) is 0 Å². The summed E-state index contributed by atoms with van der Waals surface area (Å²) in [6.07, 6.45) is 0.787. The molecule has 1 aromatic rings. The molecule has 1 aliphatic rings. The van der Waals surface area contributed by atoms with Gasteiger partial charge in [0.2, 0.25) is 0 Å². The number of likely N-dealkylation sites (tertiary alicyclic amines) is 1. The predicted octanol–water partition coefficient (Wildman–Crippen LogP) is 1.93. The molecular formula is C14H16F2N2O3. The third kappa shape index (κ3) is 3.68. The molecule has 0 aromatic heterocycles. The van der Waals surface area contributed by atoms with Gasteiger partial charge in [0.1, 0.15) is 0 Å². The molecule has 1 aliphatic heterocycles. The molecular weight excluding hydrogens is 282 g/mol. The molecule has 1 N–H and O–H groups in total. The van der Waals surface area contributed by atoms with E-state index < -0.39 is 17.5 Å². The van der Waals surface area contributed by atoms with Crippen LogP contribution in [0.2, 0.25) is 0 Å². The van der Waals surface area contributed by atoms with Crippen molar-refractivity contribution in [3.63, 3.8) is 0 Å². The maximum absolute atomic E-state index is 13.1. The van der Waals surface area contributed by atoms with Crippen molar-refractivity contribution in [2.24, 2.45) is 0 Å². The van der Waals surface area contributed by atoms with E-state index in [1.165, 1.54) is 13.2 Å². The summed E-state index contributed by atoms with van der Waals surface area (Å²) in [5, 5.41) is 2.75. The number of hydrogen-bond acceptors (Lipinski definition) is 3. The van der Waals surface area contributed by atoms with Gasteiger partial charge in [-0.1, -0.05) is 0 Å². The average molecular weight is 298 g/mol. The van der Waals surface area contributed by atoms with Gasteiger partial charge in [-0.3, -0.25) is 4.79 Å². The first-order valence-corrected chi connectivity index (χ1v) is 6.60. The molecule has 21 heavy (non-hydrogen) atoms. The Balaban J connectivity index is 1.89. The predicted molar refractivity (Wildman–Crippen MR) is 70.8 cm³/mol. The SMILES string of the molecule is COC(=O)N1CCC(NC(=O)c2ccc(F)c(F)c2)CC1. The minimum atomic E-state index is -1.05. The fraction of sp³-hybridized carbons (Fsp3) is 0.429. The zero-order valence-corrected chi connectivity index (χ0v) is 11.6. The molecule has 1 saturated heterocycles. The minimum absolute atomic E-state index is 0.0734. The van der Waals surface area contributed by atoms with Gasteiger partial charge in [0.25, 0.3) is 5.91 Å². The van der Waals surface area contributed by atoms with Crippen LogP contribution in [0.3, 0.4) is 0 Å². The third-order valence-electron chi connectivity index (χ3n) is 3.44. The number of halogens is 2. The van der Waals surface area contributed by atoms with Crippen LogP contribution in [0.5, 0.6) is 0 Å². The van der Waals surface area contributed by atoms with Crippen LogP contribution in [0.4, 0.5) is 13.6 Å². The lowest BCUT2D eigenvalue weighted by atomic mass is 10.0. The smallest absolute Gasteiger partial charge is 0.409 e. The van der Waals surface area contributed by atoms with Gasteiger partial charge in [-0.2, -0.15) is 0 Å². The fourth-order valence-electron chi connectivity index (χ4n) is 2.24. The monoisotopic (exact) mass is 298 g/mol. The zero-order chi connectivity index (χ0) is 15.4. The number of carbonyl (C=O) groups excluding carboxylic acids is 2. The Kier molecular flexibility index (Phi) is 4.72. The molecule has 114 valence electrons. The normalized spacial score (nSPS) is 15.7. The highest BCUT2D eigenvalue weighted by Gasteiger charge is 2.24. The molecule has 2 amide bonds. The summed E-state index contributed by atoms with van der Waals surface area (Å²) in [4.78, 5) is 24.8. The number of carbonyl (C=O) groups is 2. The van der Waals surface area contributed by atoms with Gasteiger partial charge in [0, 0.05) is 24.7 Å². The second kappa shape index (κ2) is 6.51. The summed E-state index contributed by atoms with van der Waals surface area (Å²) in [6.45, 7) is 0.963. The molecule has 0 aliphatic carbocycles. The van der Waals surface area contributed by atoms with E-state index in [-0.39, 0.29) is 17.7 Å². The van der Waals surface area contributed by atoms with E-state index in [9.17, 15) is 18.4 Å². The maximum atomic E-state index is 13.1. The van der Waals surface area contributed by atoms with Crippen LogP contribution < -0.4 is 5.32 Å². The third-order valence-corrected chi connectivity index (χ3v) is 3.44. The Morgan fingerprint density at radius 3 is 2.48 bits per heavy atom. The largest absolute Gasteiger partial charge is 0.453 e. The highest BCUT2D eigenvalue weighted by atomic mass is 19.2. The second-order valence-electron chi connectivity index (χ2n) is 4.83. The van der Waals surface area contributed by atoms with Crippen molar-refractivity contribution >= 4 is 12.0 Å². The lowest BCUT2D eigenvalue weighted by molar-refractivity contribution is 0.0891. The van der Waals surface area contributed by atoms with Crippen molar-refractivity contribution in [2.45, 2.75) is 18.9 Å². The molecule has 0 bridgehead atoms. The Bertz CT molecular complexity index is 543. The van der Waals surface area contributed by atoms with Gasteiger partial charge in [0.15, 0.2) is 11.6 Å². The Morgan fingerprint density at radius 2 is 1.90 bits per heavy atom. The van der Waals surface area contributed by atoms with Crippen LogP contribution in [0.1, 0.15) is 23.2 Å². The van der Waals surface area contributed by atoms with Crippen LogP contribution in [0, 0.1) is 11.6 Å². The summed E-state index contributed by atoms with van der Waals surface area (Å²) in [5.74, 6) is -2.49. The molecule has 2 rings (SSSR count). The highest BCUT2D eigenvalue weighted by Crippen LogP contribution is 2.13. The maximum Gasteiger partial charge on any atom is 0.409 e. The number of nitrogens with zero attached hydrogens (tertiary/aromatic N) is 1. The van der Waals surface area contributed by atoms with E-state index in [2.05, 4.69) is 10.1 Å². The van der Waals surface area contributed by atoms with E-state index >= 15 is 0 Å². The van der Waals surface area contributed by atoms with Gasteiger partial charge in [0.05, 0.1) is 7.11 Å². The Labute approximate surface area is 120 Å². The highest BCUT2D eigenvalue weighted by molar-refractivity contribution is 5.94. The quantitative estimate of drug-likeness (QED) is 0.907. The van der Waals surface area contributed by atoms with Crippen molar-refractivity contribution in [3.05, 3.63) is 35.4 Å². The average Bonchev–Trinajstić information content (AvgIpc) is 2.50. The zero-order valence-electron chi connectivity index (χ0n) is 11.6. The van der Waals surface area contributed by atoms with E-state index in [0.29, 0.717) is 25.9 Å². The lowest BCUT2D eigenvalue weighted by Crippen LogP contribution is -2.46. The topological polar surface area (TPSA) is 58.6 Å². The molecule has 0 radical (unpaired) electrons. The summed E-state index contributed by atoms with van der Waals surface area (Å²) < 4.78 is 30.5. The number of hydrogen-bond donors (Lipinski definition) is 1. The molecule has 0 unspecified atom stereocenters. The van der Waals surface area contributed by atoms with E-state index in [1.807, 2.05) is 0 Å². The van der Waals surface area contributed by atoms with Gasteiger partial charge >= 0.3 is 6.09 Å². The van der Waals surface area contributed by atoms with E-state index in [0.717, 1.165) is 12.1 Å². The summed E-state index contributed by atoms with van der Waals surface area (Å²) >= 11 is 0. The molecule has 1 fully saturated rings. The molecule has 5 nitrogen and oxygen atoms in total. The van der Waals surface area contributed by atoms with Crippen LogP contribution in [0.25, 0.3) is 0 Å². The van der Waals surface area contributed by atoms with E-state index in [1.54, 1.807) is 4.90 Å².